The summed E-state index contributed by atoms with van der Waals surface area (Å²) in [5.74, 6) is 1.13. The molecule has 10 heteroatoms. The van der Waals surface area contributed by atoms with Crippen molar-refractivity contribution in [3.05, 3.63) is 54.0 Å². The predicted molar refractivity (Wildman–Crippen MR) is 106 cm³/mol. The summed E-state index contributed by atoms with van der Waals surface area (Å²) in [6, 6.07) is 6.16. The topological polar surface area (TPSA) is 121 Å². The number of anilines is 3. The smallest absolute Gasteiger partial charge is 0.290 e. The second kappa shape index (κ2) is 8.63. The van der Waals surface area contributed by atoms with Crippen LogP contribution >= 0.6 is 0 Å². The number of carbonyl (C=O) groups is 1. The van der Waals surface area contributed by atoms with E-state index in [1.54, 1.807) is 12.1 Å². The average molecular weight is 396 g/mol. The fourth-order valence-electron chi connectivity index (χ4n) is 2.88. The summed E-state index contributed by atoms with van der Waals surface area (Å²) < 4.78 is 13.4. The van der Waals surface area contributed by atoms with Crippen LogP contribution in [0.2, 0.25) is 0 Å². The molecule has 1 aliphatic rings. The van der Waals surface area contributed by atoms with E-state index in [0.29, 0.717) is 37.1 Å². The highest BCUT2D eigenvalue weighted by Gasteiger charge is 2.27. The molecule has 1 aliphatic carbocycles. The molecule has 1 amide bonds. The molecule has 4 rings (SSSR count). The number of nitrogens with zero attached hydrogens (tertiary/aromatic N) is 4. The monoisotopic (exact) mass is 396 g/mol. The summed E-state index contributed by atoms with van der Waals surface area (Å²) in [5.41, 5.74) is 1.67. The van der Waals surface area contributed by atoms with Gasteiger partial charge >= 0.3 is 0 Å². The number of benzene rings is 1. The van der Waals surface area contributed by atoms with Crippen LogP contribution in [-0.4, -0.2) is 44.1 Å². The third-order valence-corrected chi connectivity index (χ3v) is 4.46. The van der Waals surface area contributed by atoms with Crippen LogP contribution in [0.25, 0.3) is 0 Å². The number of nitrogens with one attached hydrogen (secondary N) is 4. The molecule has 0 saturated heterocycles. The van der Waals surface area contributed by atoms with Crippen molar-refractivity contribution in [2.45, 2.75) is 25.2 Å². The van der Waals surface area contributed by atoms with Gasteiger partial charge in [0.25, 0.3) is 5.91 Å². The summed E-state index contributed by atoms with van der Waals surface area (Å²) >= 11 is 0. The van der Waals surface area contributed by atoms with Crippen LogP contribution in [0.15, 0.2) is 36.8 Å². The van der Waals surface area contributed by atoms with Gasteiger partial charge in [0.15, 0.2) is 0 Å². The van der Waals surface area contributed by atoms with Crippen LogP contribution in [-0.2, 0) is 0 Å². The van der Waals surface area contributed by atoms with Gasteiger partial charge in [-0.1, -0.05) is 6.07 Å². The third-order valence-electron chi connectivity index (χ3n) is 4.46. The van der Waals surface area contributed by atoms with E-state index in [2.05, 4.69) is 41.1 Å². The molecular formula is C19H21FN8O. The van der Waals surface area contributed by atoms with Gasteiger partial charge in [-0.15, -0.1) is 5.10 Å². The standard InChI is InChI=1S/C19H21FN8O/c20-13-3-1-4-14(9-13)26-19-23-10-15(12-5-6-12)16(27-19)21-7-2-8-22-18(29)17-24-11-25-28-17/h1,3-4,9-12H,2,5-8H2,(H,22,29)(H,24,25,28)(H2,21,23,26,27). The molecule has 2 aromatic heterocycles. The van der Waals surface area contributed by atoms with Crippen molar-refractivity contribution in [3.63, 3.8) is 0 Å². The number of H-pyrrole nitrogens is 1. The van der Waals surface area contributed by atoms with Gasteiger partial charge in [0, 0.05) is 30.5 Å². The Bertz CT molecular complexity index is 974. The van der Waals surface area contributed by atoms with E-state index in [4.69, 9.17) is 0 Å². The van der Waals surface area contributed by atoms with Gasteiger partial charge in [0.1, 0.15) is 18.0 Å². The highest BCUT2D eigenvalue weighted by atomic mass is 19.1. The number of rotatable bonds is 9. The Morgan fingerprint density at radius 1 is 1.24 bits per heavy atom. The molecule has 0 atom stereocenters. The minimum Gasteiger partial charge on any atom is -0.370 e. The Balaban J connectivity index is 1.33. The lowest BCUT2D eigenvalue weighted by Crippen LogP contribution is -2.27. The second-order valence-corrected chi connectivity index (χ2v) is 6.77. The summed E-state index contributed by atoms with van der Waals surface area (Å²) in [4.78, 5) is 24.5. The minimum atomic E-state index is -0.324. The lowest BCUT2D eigenvalue weighted by molar-refractivity contribution is 0.0943. The second-order valence-electron chi connectivity index (χ2n) is 6.77. The Labute approximate surface area is 166 Å². The molecule has 3 aromatic rings. The number of amides is 1. The maximum Gasteiger partial charge on any atom is 0.290 e. The highest BCUT2D eigenvalue weighted by molar-refractivity contribution is 5.90. The van der Waals surface area contributed by atoms with Crippen LogP contribution < -0.4 is 16.0 Å². The molecular weight excluding hydrogens is 375 g/mol. The molecule has 2 heterocycles. The summed E-state index contributed by atoms with van der Waals surface area (Å²) in [5, 5.41) is 15.4. The van der Waals surface area contributed by atoms with E-state index >= 15 is 0 Å². The number of hydrogen-bond donors (Lipinski definition) is 4. The molecule has 1 saturated carbocycles. The van der Waals surface area contributed by atoms with Crippen LogP contribution in [0.3, 0.4) is 0 Å². The Kier molecular flexibility index (Phi) is 5.59. The number of halogens is 1. The number of carbonyl (C=O) groups excluding carboxylic acids is 1. The van der Waals surface area contributed by atoms with Crippen molar-refractivity contribution in [2.24, 2.45) is 0 Å². The lowest BCUT2D eigenvalue weighted by atomic mass is 10.2. The molecule has 1 fully saturated rings. The quantitative estimate of drug-likeness (QED) is 0.410. The SMILES string of the molecule is O=C(NCCCNc1nc(Nc2cccc(F)c2)ncc1C1CC1)c1nc[nH]n1. The van der Waals surface area contributed by atoms with Crippen molar-refractivity contribution < 1.29 is 9.18 Å². The molecule has 0 radical (unpaired) electrons. The van der Waals surface area contributed by atoms with Gasteiger partial charge in [0.05, 0.1) is 0 Å². The first-order valence-corrected chi connectivity index (χ1v) is 9.46. The summed E-state index contributed by atoms with van der Waals surface area (Å²) in [7, 11) is 0. The van der Waals surface area contributed by atoms with Crippen molar-refractivity contribution in [3.8, 4) is 0 Å². The van der Waals surface area contributed by atoms with Crippen molar-refractivity contribution in [1.82, 2.24) is 30.5 Å². The Morgan fingerprint density at radius 2 is 2.14 bits per heavy atom. The number of aromatic amines is 1. The lowest BCUT2D eigenvalue weighted by Gasteiger charge is -2.13. The Hall–Kier alpha value is -3.56. The van der Waals surface area contributed by atoms with Gasteiger partial charge in [0.2, 0.25) is 11.8 Å². The van der Waals surface area contributed by atoms with Crippen LogP contribution in [0.1, 0.15) is 41.4 Å². The maximum atomic E-state index is 13.4. The fraction of sp³-hybridized carbons (Fsp3) is 0.316. The van der Waals surface area contributed by atoms with E-state index in [1.165, 1.54) is 18.5 Å². The zero-order chi connectivity index (χ0) is 20.1. The average Bonchev–Trinajstić information content (AvgIpc) is 3.40. The van der Waals surface area contributed by atoms with Crippen LogP contribution in [0.5, 0.6) is 0 Å². The predicted octanol–water partition coefficient (Wildman–Crippen LogP) is 2.59. The molecule has 0 spiro atoms. The van der Waals surface area contributed by atoms with Crippen LogP contribution in [0, 0.1) is 5.82 Å². The first-order valence-electron chi connectivity index (χ1n) is 9.46. The minimum absolute atomic E-state index is 0.123. The molecule has 150 valence electrons. The summed E-state index contributed by atoms with van der Waals surface area (Å²) in [6.07, 6.45) is 6.14. The Morgan fingerprint density at radius 3 is 2.90 bits per heavy atom. The van der Waals surface area contributed by atoms with Gasteiger partial charge in [-0.3, -0.25) is 9.89 Å². The first kappa shape index (κ1) is 18.8. The maximum absolute atomic E-state index is 13.4. The molecule has 29 heavy (non-hydrogen) atoms. The number of hydrogen-bond acceptors (Lipinski definition) is 7. The largest absolute Gasteiger partial charge is 0.370 e. The zero-order valence-electron chi connectivity index (χ0n) is 15.7. The van der Waals surface area contributed by atoms with Crippen LogP contribution in [0.4, 0.5) is 21.8 Å². The fourth-order valence-corrected chi connectivity index (χ4v) is 2.88. The van der Waals surface area contributed by atoms with E-state index in [-0.39, 0.29) is 17.5 Å². The van der Waals surface area contributed by atoms with E-state index < -0.39 is 0 Å². The van der Waals surface area contributed by atoms with E-state index in [1.807, 2.05) is 6.20 Å². The third kappa shape index (κ3) is 5.03. The number of aromatic nitrogens is 5. The molecule has 0 aliphatic heterocycles. The van der Waals surface area contributed by atoms with Crippen molar-refractivity contribution >= 4 is 23.4 Å². The van der Waals surface area contributed by atoms with Crippen molar-refractivity contribution in [1.29, 1.82) is 0 Å². The normalized spacial score (nSPS) is 13.1. The highest BCUT2D eigenvalue weighted by Crippen LogP contribution is 2.42. The first-order chi connectivity index (χ1) is 14.2. The molecule has 9 nitrogen and oxygen atoms in total. The molecule has 0 bridgehead atoms. The van der Waals surface area contributed by atoms with Gasteiger partial charge in [-0.25, -0.2) is 14.4 Å². The van der Waals surface area contributed by atoms with Crippen molar-refractivity contribution in [2.75, 3.05) is 23.7 Å². The van der Waals surface area contributed by atoms with Gasteiger partial charge < -0.3 is 16.0 Å². The van der Waals surface area contributed by atoms with Gasteiger partial charge in [-0.2, -0.15) is 4.98 Å². The van der Waals surface area contributed by atoms with E-state index in [9.17, 15) is 9.18 Å². The van der Waals surface area contributed by atoms with Gasteiger partial charge in [-0.05, 0) is 43.4 Å². The summed E-state index contributed by atoms with van der Waals surface area (Å²) in [6.45, 7) is 1.11. The molecule has 0 unspecified atom stereocenters. The molecule has 4 N–H and O–H groups in total. The molecule has 1 aromatic carbocycles. The van der Waals surface area contributed by atoms with E-state index in [0.717, 1.165) is 24.2 Å². The zero-order valence-corrected chi connectivity index (χ0v) is 15.7.